The lowest BCUT2D eigenvalue weighted by atomic mass is 10.2. The van der Waals surface area contributed by atoms with Gasteiger partial charge in [-0.15, -0.1) is 0 Å². The lowest BCUT2D eigenvalue weighted by molar-refractivity contribution is -0.124. The van der Waals surface area contributed by atoms with Crippen molar-refractivity contribution in [2.75, 3.05) is 16.3 Å². The highest BCUT2D eigenvalue weighted by molar-refractivity contribution is 7.92. The molecule has 0 aliphatic heterocycles. The Morgan fingerprint density at radius 3 is 2.22 bits per heavy atom. The molecule has 0 bridgehead atoms. The van der Waals surface area contributed by atoms with E-state index in [-0.39, 0.29) is 17.9 Å². The van der Waals surface area contributed by atoms with Crippen LogP contribution in [0.2, 0.25) is 0 Å². The summed E-state index contributed by atoms with van der Waals surface area (Å²) >= 11 is 0. The number of benzene rings is 1. The molecule has 1 amide bonds. The van der Waals surface area contributed by atoms with Crippen LogP contribution in [0.4, 0.5) is 11.4 Å². The summed E-state index contributed by atoms with van der Waals surface area (Å²) in [4.78, 5) is 22.2. The maximum Gasteiger partial charge on any atom is 0.231 e. The Hall–Kier alpha value is -1.89. The molecule has 0 aliphatic rings. The first-order chi connectivity index (χ1) is 8.28. The molecule has 1 aromatic rings. The predicted molar refractivity (Wildman–Crippen MR) is 68.8 cm³/mol. The Kier molecular flexibility index (Phi) is 4.43. The summed E-state index contributed by atoms with van der Waals surface area (Å²) in [6.07, 6.45) is 0.772. The maximum atomic E-state index is 11.4. The molecule has 0 saturated carbocycles. The lowest BCUT2D eigenvalue weighted by Crippen LogP contribution is -2.17. The third-order valence-electron chi connectivity index (χ3n) is 1.91. The van der Waals surface area contributed by atoms with Crippen LogP contribution in [0.1, 0.15) is 13.3 Å². The average Bonchev–Trinajstić information content (AvgIpc) is 2.17. The SMILES string of the molecule is CC(=O)CC(=O)Nc1ccccc1NS(C)(=O)=O. The molecule has 0 aliphatic carbocycles. The number of carbonyl (C=O) groups is 2. The van der Waals surface area contributed by atoms with Crippen LogP contribution >= 0.6 is 0 Å². The maximum absolute atomic E-state index is 11.4. The zero-order valence-corrected chi connectivity index (χ0v) is 10.9. The molecule has 6 nitrogen and oxygen atoms in total. The summed E-state index contributed by atoms with van der Waals surface area (Å²) in [5.74, 6) is -0.744. The molecule has 2 N–H and O–H groups in total. The molecule has 7 heteroatoms. The molecule has 0 radical (unpaired) electrons. The summed E-state index contributed by atoms with van der Waals surface area (Å²) < 4.78 is 24.6. The molecule has 0 aromatic heterocycles. The Morgan fingerprint density at radius 2 is 1.72 bits per heavy atom. The molecule has 0 fully saturated rings. The van der Waals surface area contributed by atoms with Gasteiger partial charge in [0.1, 0.15) is 5.78 Å². The summed E-state index contributed by atoms with van der Waals surface area (Å²) in [5.41, 5.74) is 0.575. The van der Waals surface area contributed by atoms with Gasteiger partial charge in [-0.2, -0.15) is 0 Å². The van der Waals surface area contributed by atoms with E-state index in [2.05, 4.69) is 10.0 Å². The molecule has 0 heterocycles. The minimum Gasteiger partial charge on any atom is -0.324 e. The van der Waals surface area contributed by atoms with E-state index in [9.17, 15) is 18.0 Å². The van der Waals surface area contributed by atoms with Gasteiger partial charge in [0, 0.05) is 0 Å². The highest BCUT2D eigenvalue weighted by atomic mass is 32.2. The van der Waals surface area contributed by atoms with Crippen molar-refractivity contribution in [1.82, 2.24) is 0 Å². The van der Waals surface area contributed by atoms with E-state index in [1.54, 1.807) is 18.2 Å². The molecular formula is C11H14N2O4S. The van der Waals surface area contributed by atoms with Crippen molar-refractivity contribution >= 4 is 33.1 Å². The van der Waals surface area contributed by atoms with Crippen molar-refractivity contribution in [2.24, 2.45) is 0 Å². The van der Waals surface area contributed by atoms with Gasteiger partial charge in [-0.25, -0.2) is 8.42 Å². The van der Waals surface area contributed by atoms with E-state index in [1.807, 2.05) is 0 Å². The number of amides is 1. The monoisotopic (exact) mass is 270 g/mol. The van der Waals surface area contributed by atoms with Crippen molar-refractivity contribution in [2.45, 2.75) is 13.3 Å². The number of nitrogens with one attached hydrogen (secondary N) is 2. The Balaban J connectivity index is 2.89. The number of Topliss-reactive ketones (excluding diaryl/α,β-unsaturated/α-hetero) is 1. The standard InChI is InChI=1S/C11H14N2O4S/c1-8(14)7-11(15)12-9-5-3-4-6-10(9)13-18(2,16)17/h3-6,13H,7H2,1-2H3,(H,12,15). The molecular weight excluding hydrogens is 256 g/mol. The smallest absolute Gasteiger partial charge is 0.231 e. The largest absolute Gasteiger partial charge is 0.324 e. The molecule has 0 saturated heterocycles. The van der Waals surface area contributed by atoms with Crippen LogP contribution < -0.4 is 10.0 Å². The van der Waals surface area contributed by atoms with E-state index in [0.29, 0.717) is 5.69 Å². The summed E-state index contributed by atoms with van der Waals surface area (Å²) in [6, 6.07) is 6.35. The molecule has 98 valence electrons. The number of hydrogen-bond donors (Lipinski definition) is 2. The Morgan fingerprint density at radius 1 is 1.17 bits per heavy atom. The van der Waals surface area contributed by atoms with Crippen LogP contribution in [0.15, 0.2) is 24.3 Å². The zero-order valence-electron chi connectivity index (χ0n) is 10.1. The normalized spacial score (nSPS) is 10.8. The van der Waals surface area contributed by atoms with Crippen LogP contribution in [0.3, 0.4) is 0 Å². The van der Waals surface area contributed by atoms with Crippen LogP contribution in [0.25, 0.3) is 0 Å². The minimum atomic E-state index is -3.43. The van der Waals surface area contributed by atoms with Crippen molar-refractivity contribution in [1.29, 1.82) is 0 Å². The van der Waals surface area contributed by atoms with Gasteiger partial charge in [-0.3, -0.25) is 14.3 Å². The quantitative estimate of drug-likeness (QED) is 0.780. The first kappa shape index (κ1) is 14.2. The minimum absolute atomic E-state index is 0.243. The lowest BCUT2D eigenvalue weighted by Gasteiger charge is -2.11. The Labute approximate surface area is 105 Å². The molecule has 1 rings (SSSR count). The second kappa shape index (κ2) is 5.63. The first-order valence-electron chi connectivity index (χ1n) is 5.14. The number of anilines is 2. The van der Waals surface area contributed by atoms with Crippen LogP contribution in [-0.4, -0.2) is 26.4 Å². The number of sulfonamides is 1. The zero-order chi connectivity index (χ0) is 13.8. The van der Waals surface area contributed by atoms with Crippen LogP contribution in [0, 0.1) is 0 Å². The molecule has 1 aromatic carbocycles. The van der Waals surface area contributed by atoms with Gasteiger partial charge < -0.3 is 5.32 Å². The van der Waals surface area contributed by atoms with Crippen molar-refractivity contribution in [3.63, 3.8) is 0 Å². The predicted octanol–water partition coefficient (Wildman–Crippen LogP) is 0.976. The van der Waals surface area contributed by atoms with Crippen molar-refractivity contribution < 1.29 is 18.0 Å². The van der Waals surface area contributed by atoms with Gasteiger partial charge in [-0.1, -0.05) is 12.1 Å². The highest BCUT2D eigenvalue weighted by Gasteiger charge is 2.10. The van der Waals surface area contributed by atoms with E-state index in [1.165, 1.54) is 13.0 Å². The van der Waals surface area contributed by atoms with Crippen LogP contribution in [0.5, 0.6) is 0 Å². The van der Waals surface area contributed by atoms with E-state index in [0.717, 1.165) is 6.26 Å². The number of carbonyl (C=O) groups excluding carboxylic acids is 2. The highest BCUT2D eigenvalue weighted by Crippen LogP contribution is 2.21. The number of ketones is 1. The number of para-hydroxylation sites is 2. The summed E-state index contributed by atoms with van der Waals surface area (Å²) in [7, 11) is -3.43. The van der Waals surface area contributed by atoms with E-state index >= 15 is 0 Å². The van der Waals surface area contributed by atoms with E-state index in [4.69, 9.17) is 0 Å². The third-order valence-corrected chi connectivity index (χ3v) is 2.50. The third kappa shape index (κ3) is 4.96. The first-order valence-corrected chi connectivity index (χ1v) is 7.03. The van der Waals surface area contributed by atoms with Crippen LogP contribution in [-0.2, 0) is 19.6 Å². The van der Waals surface area contributed by atoms with Gasteiger partial charge in [-0.05, 0) is 19.1 Å². The molecule has 18 heavy (non-hydrogen) atoms. The summed E-state index contributed by atoms with van der Waals surface area (Å²) in [5, 5.41) is 2.48. The number of hydrogen-bond acceptors (Lipinski definition) is 4. The van der Waals surface area contributed by atoms with Crippen molar-refractivity contribution in [3.8, 4) is 0 Å². The fraction of sp³-hybridized carbons (Fsp3) is 0.273. The van der Waals surface area contributed by atoms with Gasteiger partial charge in [0.15, 0.2) is 0 Å². The van der Waals surface area contributed by atoms with Gasteiger partial charge >= 0.3 is 0 Å². The number of rotatable bonds is 5. The molecule has 0 unspecified atom stereocenters. The van der Waals surface area contributed by atoms with Gasteiger partial charge in [0.2, 0.25) is 15.9 Å². The average molecular weight is 270 g/mol. The van der Waals surface area contributed by atoms with E-state index < -0.39 is 15.9 Å². The Bertz CT molecular complexity index is 566. The van der Waals surface area contributed by atoms with Gasteiger partial charge in [0.05, 0.1) is 24.1 Å². The second-order valence-corrected chi connectivity index (χ2v) is 5.60. The fourth-order valence-corrected chi connectivity index (χ4v) is 1.88. The van der Waals surface area contributed by atoms with Crippen molar-refractivity contribution in [3.05, 3.63) is 24.3 Å². The topological polar surface area (TPSA) is 92.3 Å². The molecule has 0 atom stereocenters. The molecule has 0 spiro atoms. The van der Waals surface area contributed by atoms with Gasteiger partial charge in [0.25, 0.3) is 0 Å². The summed E-state index contributed by atoms with van der Waals surface area (Å²) in [6.45, 7) is 1.31. The fourth-order valence-electron chi connectivity index (χ4n) is 1.30. The second-order valence-electron chi connectivity index (χ2n) is 3.85.